The first kappa shape index (κ1) is 13.5. The molecule has 4 nitrogen and oxygen atoms in total. The summed E-state index contributed by atoms with van der Waals surface area (Å²) in [5, 5.41) is 6.81. The van der Waals surface area contributed by atoms with Gasteiger partial charge in [-0.15, -0.1) is 0 Å². The van der Waals surface area contributed by atoms with Crippen molar-refractivity contribution in [3.8, 4) is 0 Å². The molecule has 1 atom stereocenters. The zero-order valence-electron chi connectivity index (χ0n) is 10.6. The van der Waals surface area contributed by atoms with Gasteiger partial charge in [0.1, 0.15) is 0 Å². The Hall–Kier alpha value is -0.610. The number of carbonyl (C=O) groups excluding carboxylic acids is 1. The summed E-state index contributed by atoms with van der Waals surface area (Å²) in [5.74, 6) is 0.265. The zero-order chi connectivity index (χ0) is 11.8. The minimum absolute atomic E-state index is 0.265. The molecular formula is C12H25N3O. The number of carbonyl (C=O) groups is 1. The van der Waals surface area contributed by atoms with Gasteiger partial charge >= 0.3 is 0 Å². The third kappa shape index (κ3) is 4.49. The lowest BCUT2D eigenvalue weighted by Crippen LogP contribution is -2.44. The molecule has 1 fully saturated rings. The summed E-state index contributed by atoms with van der Waals surface area (Å²) in [4.78, 5) is 13.6. The normalized spacial score (nSPS) is 20.8. The maximum Gasteiger partial charge on any atom is 0.223 e. The molecule has 0 spiro atoms. The quantitative estimate of drug-likeness (QED) is 0.698. The number of nitrogens with zero attached hydrogens (tertiary/aromatic N) is 1. The van der Waals surface area contributed by atoms with Crippen molar-refractivity contribution in [1.29, 1.82) is 0 Å². The van der Waals surface area contributed by atoms with E-state index in [1.54, 1.807) is 0 Å². The Morgan fingerprint density at radius 3 is 2.75 bits per heavy atom. The molecule has 0 aromatic rings. The highest BCUT2D eigenvalue weighted by atomic mass is 16.2. The molecule has 94 valence electrons. The fraction of sp³-hybridized carbons (Fsp3) is 0.917. The van der Waals surface area contributed by atoms with Crippen LogP contribution >= 0.6 is 0 Å². The molecule has 0 saturated carbocycles. The number of nitrogens with one attached hydrogen (secondary N) is 2. The van der Waals surface area contributed by atoms with E-state index in [-0.39, 0.29) is 5.91 Å². The van der Waals surface area contributed by atoms with Crippen LogP contribution in [0.4, 0.5) is 0 Å². The molecule has 1 saturated heterocycles. The molecule has 1 aliphatic heterocycles. The van der Waals surface area contributed by atoms with Crippen molar-refractivity contribution in [1.82, 2.24) is 15.5 Å². The van der Waals surface area contributed by atoms with Crippen molar-refractivity contribution in [2.45, 2.75) is 39.2 Å². The summed E-state index contributed by atoms with van der Waals surface area (Å²) in [6, 6.07) is 0.554. The number of rotatable bonds is 6. The van der Waals surface area contributed by atoms with E-state index in [9.17, 15) is 4.79 Å². The molecule has 1 aliphatic rings. The first-order valence-electron chi connectivity index (χ1n) is 6.49. The third-order valence-corrected chi connectivity index (χ3v) is 3.18. The van der Waals surface area contributed by atoms with E-state index < -0.39 is 0 Å². The van der Waals surface area contributed by atoms with Crippen LogP contribution in [0.15, 0.2) is 0 Å². The average molecular weight is 227 g/mol. The van der Waals surface area contributed by atoms with Crippen molar-refractivity contribution >= 4 is 5.91 Å². The first-order chi connectivity index (χ1) is 7.77. The standard InChI is InChI=1S/C12H25N3O/c1-3-15(4-2)12(16)7-9-14-11-6-5-8-13-10-11/h11,13-14H,3-10H2,1-2H3. The van der Waals surface area contributed by atoms with Crippen LogP contribution in [0.5, 0.6) is 0 Å². The van der Waals surface area contributed by atoms with Gasteiger partial charge in [-0.1, -0.05) is 0 Å². The third-order valence-electron chi connectivity index (χ3n) is 3.18. The maximum absolute atomic E-state index is 11.7. The number of amides is 1. The largest absolute Gasteiger partial charge is 0.343 e. The molecule has 0 bridgehead atoms. The second kappa shape index (κ2) is 7.63. The van der Waals surface area contributed by atoms with Gasteiger partial charge in [-0.05, 0) is 33.2 Å². The lowest BCUT2D eigenvalue weighted by molar-refractivity contribution is -0.130. The van der Waals surface area contributed by atoms with E-state index in [0.29, 0.717) is 12.5 Å². The van der Waals surface area contributed by atoms with Crippen molar-refractivity contribution in [2.24, 2.45) is 0 Å². The van der Waals surface area contributed by atoms with Crippen LogP contribution < -0.4 is 10.6 Å². The second-order valence-corrected chi connectivity index (χ2v) is 4.31. The number of piperidine rings is 1. The van der Waals surface area contributed by atoms with Crippen molar-refractivity contribution < 1.29 is 4.79 Å². The molecule has 0 aliphatic carbocycles. The van der Waals surface area contributed by atoms with Crippen LogP contribution in [0.2, 0.25) is 0 Å². The lowest BCUT2D eigenvalue weighted by atomic mass is 10.1. The zero-order valence-corrected chi connectivity index (χ0v) is 10.6. The first-order valence-corrected chi connectivity index (χ1v) is 6.49. The van der Waals surface area contributed by atoms with Gasteiger partial charge < -0.3 is 15.5 Å². The van der Waals surface area contributed by atoms with Gasteiger partial charge in [-0.2, -0.15) is 0 Å². The van der Waals surface area contributed by atoms with Crippen LogP contribution in [0, 0.1) is 0 Å². The Bertz CT molecular complexity index is 198. The molecular weight excluding hydrogens is 202 g/mol. The van der Waals surface area contributed by atoms with Gasteiger partial charge in [-0.25, -0.2) is 0 Å². The predicted molar refractivity (Wildman–Crippen MR) is 66.4 cm³/mol. The Balaban J connectivity index is 2.11. The van der Waals surface area contributed by atoms with E-state index in [2.05, 4.69) is 10.6 Å². The molecule has 0 radical (unpaired) electrons. The molecule has 16 heavy (non-hydrogen) atoms. The lowest BCUT2D eigenvalue weighted by Gasteiger charge is -2.24. The summed E-state index contributed by atoms with van der Waals surface area (Å²) in [6.45, 7) is 8.68. The van der Waals surface area contributed by atoms with Crippen LogP contribution in [0.1, 0.15) is 33.1 Å². The minimum atomic E-state index is 0.265. The topological polar surface area (TPSA) is 44.4 Å². The molecule has 1 unspecified atom stereocenters. The number of hydrogen-bond donors (Lipinski definition) is 2. The second-order valence-electron chi connectivity index (χ2n) is 4.31. The van der Waals surface area contributed by atoms with E-state index in [0.717, 1.165) is 32.7 Å². The highest BCUT2D eigenvalue weighted by molar-refractivity contribution is 5.76. The van der Waals surface area contributed by atoms with Gasteiger partial charge in [0.25, 0.3) is 0 Å². The van der Waals surface area contributed by atoms with E-state index in [1.165, 1.54) is 12.8 Å². The van der Waals surface area contributed by atoms with Crippen LogP contribution in [-0.4, -0.2) is 49.6 Å². The maximum atomic E-state index is 11.7. The highest BCUT2D eigenvalue weighted by Gasteiger charge is 2.13. The van der Waals surface area contributed by atoms with Crippen molar-refractivity contribution in [2.75, 3.05) is 32.7 Å². The Labute approximate surface area is 98.8 Å². The van der Waals surface area contributed by atoms with Crippen LogP contribution in [0.3, 0.4) is 0 Å². The van der Waals surface area contributed by atoms with Gasteiger partial charge in [0.2, 0.25) is 5.91 Å². The summed E-state index contributed by atoms with van der Waals surface area (Å²) < 4.78 is 0. The fourth-order valence-electron chi connectivity index (χ4n) is 2.14. The molecule has 2 N–H and O–H groups in total. The van der Waals surface area contributed by atoms with E-state index in [4.69, 9.17) is 0 Å². The molecule has 1 amide bonds. The molecule has 1 heterocycles. The van der Waals surface area contributed by atoms with Gasteiger partial charge in [-0.3, -0.25) is 4.79 Å². The molecule has 0 aromatic carbocycles. The average Bonchev–Trinajstić information content (AvgIpc) is 2.32. The van der Waals surface area contributed by atoms with Gasteiger partial charge in [0, 0.05) is 38.6 Å². The van der Waals surface area contributed by atoms with Crippen molar-refractivity contribution in [3.05, 3.63) is 0 Å². The van der Waals surface area contributed by atoms with Crippen LogP contribution in [-0.2, 0) is 4.79 Å². The Kier molecular flexibility index (Phi) is 6.42. The fourth-order valence-corrected chi connectivity index (χ4v) is 2.14. The minimum Gasteiger partial charge on any atom is -0.343 e. The molecule has 0 aromatic heterocycles. The Morgan fingerprint density at radius 1 is 1.44 bits per heavy atom. The Morgan fingerprint density at radius 2 is 2.19 bits per heavy atom. The molecule has 1 rings (SSSR count). The summed E-state index contributed by atoms with van der Waals surface area (Å²) >= 11 is 0. The van der Waals surface area contributed by atoms with Gasteiger partial charge in [0.15, 0.2) is 0 Å². The SMILES string of the molecule is CCN(CC)C(=O)CCNC1CCCNC1. The smallest absolute Gasteiger partial charge is 0.223 e. The number of hydrogen-bond acceptors (Lipinski definition) is 3. The predicted octanol–water partition coefficient (Wildman–Crippen LogP) is 0.587. The van der Waals surface area contributed by atoms with Crippen LogP contribution in [0.25, 0.3) is 0 Å². The monoisotopic (exact) mass is 227 g/mol. The van der Waals surface area contributed by atoms with E-state index in [1.807, 2.05) is 18.7 Å². The highest BCUT2D eigenvalue weighted by Crippen LogP contribution is 2.01. The van der Waals surface area contributed by atoms with E-state index >= 15 is 0 Å². The van der Waals surface area contributed by atoms with Crippen molar-refractivity contribution in [3.63, 3.8) is 0 Å². The molecule has 4 heteroatoms. The summed E-state index contributed by atoms with van der Waals surface area (Å²) in [7, 11) is 0. The summed E-state index contributed by atoms with van der Waals surface area (Å²) in [6.07, 6.45) is 3.09. The van der Waals surface area contributed by atoms with Gasteiger partial charge in [0.05, 0.1) is 0 Å². The summed E-state index contributed by atoms with van der Waals surface area (Å²) in [5.41, 5.74) is 0.